The van der Waals surface area contributed by atoms with Crippen molar-refractivity contribution in [3.8, 4) is 16.9 Å². The van der Waals surface area contributed by atoms with Crippen LogP contribution in [0.15, 0.2) is 66.7 Å². The van der Waals surface area contributed by atoms with Crippen LogP contribution in [-0.4, -0.2) is 30.4 Å². The summed E-state index contributed by atoms with van der Waals surface area (Å²) in [6, 6.07) is 16.7. The summed E-state index contributed by atoms with van der Waals surface area (Å²) in [5.41, 5.74) is 9.25. The molecule has 174 valence electrons. The fourth-order valence-electron chi connectivity index (χ4n) is 4.03. The molecule has 3 amide bonds. The van der Waals surface area contributed by atoms with E-state index < -0.39 is 35.5 Å². The van der Waals surface area contributed by atoms with Crippen molar-refractivity contribution in [2.75, 3.05) is 17.2 Å². The van der Waals surface area contributed by atoms with Gasteiger partial charge >= 0.3 is 0 Å². The van der Waals surface area contributed by atoms with Crippen molar-refractivity contribution in [3.63, 3.8) is 0 Å². The highest BCUT2D eigenvalue weighted by atomic mass is 19.1. The zero-order valence-electron chi connectivity index (χ0n) is 18.7. The molecule has 1 unspecified atom stereocenters. The van der Waals surface area contributed by atoms with Gasteiger partial charge in [0.15, 0.2) is 6.61 Å². The number of carbonyl (C=O) groups is 3. The van der Waals surface area contributed by atoms with Gasteiger partial charge in [-0.05, 0) is 61.4 Å². The minimum Gasteiger partial charge on any atom is -0.484 e. The van der Waals surface area contributed by atoms with Gasteiger partial charge in [-0.15, -0.1) is 0 Å². The summed E-state index contributed by atoms with van der Waals surface area (Å²) in [7, 11) is 0. The first-order chi connectivity index (χ1) is 16.3. The minimum atomic E-state index is -1.02. The number of nitrogens with one attached hydrogen (secondary N) is 1. The van der Waals surface area contributed by atoms with Crippen LogP contribution < -0.4 is 20.7 Å². The van der Waals surface area contributed by atoms with E-state index in [0.717, 1.165) is 16.0 Å². The minimum absolute atomic E-state index is 0.314. The molecule has 0 fully saturated rings. The third kappa shape index (κ3) is 4.34. The zero-order valence-corrected chi connectivity index (χ0v) is 18.7. The highest BCUT2D eigenvalue weighted by Gasteiger charge is 2.37. The third-order valence-corrected chi connectivity index (χ3v) is 5.75. The second-order valence-electron chi connectivity index (χ2n) is 8.09. The van der Waals surface area contributed by atoms with Gasteiger partial charge < -0.3 is 15.8 Å². The van der Waals surface area contributed by atoms with Gasteiger partial charge in [0.2, 0.25) is 5.91 Å². The van der Waals surface area contributed by atoms with E-state index in [-0.39, 0.29) is 6.61 Å². The topological polar surface area (TPSA) is 102 Å². The Balaban J connectivity index is 1.57. The Morgan fingerprint density at radius 3 is 2.53 bits per heavy atom. The molecule has 4 rings (SSSR count). The van der Waals surface area contributed by atoms with Crippen LogP contribution in [0.3, 0.4) is 0 Å². The highest BCUT2D eigenvalue weighted by molar-refractivity contribution is 6.22. The van der Waals surface area contributed by atoms with Gasteiger partial charge in [0.25, 0.3) is 11.8 Å². The summed E-state index contributed by atoms with van der Waals surface area (Å²) in [5, 5.41) is 2.57. The molecule has 1 heterocycles. The van der Waals surface area contributed by atoms with Gasteiger partial charge in [-0.3, -0.25) is 14.4 Å². The number of benzene rings is 3. The van der Waals surface area contributed by atoms with Crippen molar-refractivity contribution in [2.24, 2.45) is 0 Å². The van der Waals surface area contributed by atoms with E-state index in [1.165, 1.54) is 31.2 Å². The molecule has 0 radical (unpaired) electrons. The molecular weight excluding hydrogens is 437 g/mol. The molecule has 3 aromatic rings. The Hall–Kier alpha value is -4.20. The number of amides is 3. The number of carbonyl (C=O) groups excluding carboxylic acids is 3. The molecule has 3 aromatic carbocycles. The molecule has 3 N–H and O–H groups in total. The number of hydrogen-bond acceptors (Lipinski definition) is 5. The Bertz CT molecular complexity index is 1260. The van der Waals surface area contributed by atoms with Crippen LogP contribution in [0.2, 0.25) is 0 Å². The second-order valence-corrected chi connectivity index (χ2v) is 8.09. The molecule has 34 heavy (non-hydrogen) atoms. The maximum atomic E-state index is 13.4. The standard InChI is InChI=1S/C26H24FN3O4/c1-15-19-6-3-4-7-20(19)24-21(28)8-5-9-22(24)30(25(15)32)26(33)16(2)29-23(31)14-34-18-12-10-17(27)11-13-18/h3-13,15-16H,14,28H2,1-2H3,(H,29,31)/t15?,16-/m0/s1. The van der Waals surface area contributed by atoms with Gasteiger partial charge in [-0.1, -0.05) is 30.3 Å². The predicted molar refractivity (Wildman–Crippen MR) is 127 cm³/mol. The van der Waals surface area contributed by atoms with Gasteiger partial charge in [-0.25, -0.2) is 9.29 Å². The van der Waals surface area contributed by atoms with Crippen molar-refractivity contribution < 1.29 is 23.5 Å². The summed E-state index contributed by atoms with van der Waals surface area (Å²) >= 11 is 0. The largest absolute Gasteiger partial charge is 0.484 e. The predicted octanol–water partition coefficient (Wildman–Crippen LogP) is 3.64. The Labute approximate surface area is 196 Å². The molecule has 0 aliphatic carbocycles. The molecule has 7 nitrogen and oxygen atoms in total. The first-order valence-electron chi connectivity index (χ1n) is 10.8. The summed E-state index contributed by atoms with van der Waals surface area (Å²) in [6.45, 7) is 2.87. The molecular formula is C26H24FN3O4. The first-order valence-corrected chi connectivity index (χ1v) is 10.8. The van der Waals surface area contributed by atoms with E-state index in [2.05, 4.69) is 5.32 Å². The first kappa shape index (κ1) is 23.0. The molecule has 0 aromatic heterocycles. The van der Waals surface area contributed by atoms with Crippen LogP contribution in [-0.2, 0) is 14.4 Å². The van der Waals surface area contributed by atoms with E-state index in [0.29, 0.717) is 22.7 Å². The Morgan fingerprint density at radius 2 is 1.79 bits per heavy atom. The smallest absolute Gasteiger partial charge is 0.258 e. The summed E-state index contributed by atoms with van der Waals surface area (Å²) in [4.78, 5) is 40.4. The fraction of sp³-hybridized carbons (Fsp3) is 0.192. The summed E-state index contributed by atoms with van der Waals surface area (Å²) in [5.74, 6) is -2.27. The number of fused-ring (bicyclic) bond motifs is 3. The number of nitrogens with two attached hydrogens (primary N) is 1. The summed E-state index contributed by atoms with van der Waals surface area (Å²) < 4.78 is 18.4. The second kappa shape index (κ2) is 9.35. The Kier molecular flexibility index (Phi) is 6.32. The highest BCUT2D eigenvalue weighted by Crippen LogP contribution is 2.44. The zero-order chi connectivity index (χ0) is 24.4. The average Bonchev–Trinajstić information content (AvgIpc) is 2.92. The van der Waals surface area contributed by atoms with Crippen molar-refractivity contribution in [3.05, 3.63) is 78.1 Å². The molecule has 0 saturated carbocycles. The summed E-state index contributed by atoms with van der Waals surface area (Å²) in [6.07, 6.45) is 0. The normalized spacial score (nSPS) is 15.6. The van der Waals surface area contributed by atoms with Crippen LogP contribution >= 0.6 is 0 Å². The van der Waals surface area contributed by atoms with Gasteiger partial charge in [-0.2, -0.15) is 0 Å². The molecule has 1 aliphatic rings. The number of rotatable bonds is 5. The van der Waals surface area contributed by atoms with Crippen LogP contribution in [0.5, 0.6) is 5.75 Å². The number of halogens is 1. The molecule has 1 aliphatic heterocycles. The van der Waals surface area contributed by atoms with E-state index >= 15 is 0 Å². The number of hydrogen-bond donors (Lipinski definition) is 2. The lowest BCUT2D eigenvalue weighted by atomic mass is 9.92. The van der Waals surface area contributed by atoms with Crippen LogP contribution in [0.1, 0.15) is 25.3 Å². The molecule has 0 bridgehead atoms. The van der Waals surface area contributed by atoms with Crippen LogP contribution in [0.25, 0.3) is 11.1 Å². The SMILES string of the molecule is CC1C(=O)N(C(=O)[C@H](C)NC(=O)COc2ccc(F)cc2)c2cccc(N)c2-c2ccccc21. The third-order valence-electron chi connectivity index (χ3n) is 5.75. The fourth-order valence-corrected chi connectivity index (χ4v) is 4.03. The quantitative estimate of drug-likeness (QED) is 0.565. The van der Waals surface area contributed by atoms with Gasteiger partial charge in [0.1, 0.15) is 17.6 Å². The van der Waals surface area contributed by atoms with Gasteiger partial charge in [0.05, 0.1) is 11.6 Å². The number of nitrogens with zero attached hydrogens (tertiary/aromatic N) is 1. The van der Waals surface area contributed by atoms with Crippen molar-refractivity contribution in [1.82, 2.24) is 5.32 Å². The Morgan fingerprint density at radius 1 is 1.09 bits per heavy atom. The number of imide groups is 1. The van der Waals surface area contributed by atoms with Gasteiger partial charge in [0, 0.05) is 11.3 Å². The monoisotopic (exact) mass is 461 g/mol. The number of anilines is 2. The van der Waals surface area contributed by atoms with E-state index in [9.17, 15) is 18.8 Å². The maximum Gasteiger partial charge on any atom is 0.258 e. The maximum absolute atomic E-state index is 13.4. The lowest BCUT2D eigenvalue weighted by Gasteiger charge is -2.26. The molecule has 0 saturated heterocycles. The van der Waals surface area contributed by atoms with Crippen molar-refractivity contribution in [2.45, 2.75) is 25.8 Å². The number of nitrogen functional groups attached to an aromatic ring is 1. The molecule has 0 spiro atoms. The van der Waals surface area contributed by atoms with Crippen molar-refractivity contribution in [1.29, 1.82) is 0 Å². The lowest BCUT2D eigenvalue weighted by Crippen LogP contribution is -2.51. The van der Waals surface area contributed by atoms with Crippen molar-refractivity contribution >= 4 is 29.1 Å². The molecule has 2 atom stereocenters. The van der Waals surface area contributed by atoms with Crippen LogP contribution in [0, 0.1) is 5.82 Å². The molecule has 8 heteroatoms. The van der Waals surface area contributed by atoms with Crippen LogP contribution in [0.4, 0.5) is 15.8 Å². The average molecular weight is 461 g/mol. The lowest BCUT2D eigenvalue weighted by molar-refractivity contribution is -0.131. The van der Waals surface area contributed by atoms with E-state index in [1.54, 1.807) is 25.1 Å². The van der Waals surface area contributed by atoms with E-state index in [1.807, 2.05) is 24.3 Å². The number of ether oxygens (including phenoxy) is 1. The van der Waals surface area contributed by atoms with E-state index in [4.69, 9.17) is 10.5 Å².